The molecule has 0 saturated carbocycles. The van der Waals surface area contributed by atoms with Gasteiger partial charge in [0.2, 0.25) is 0 Å². The average molecular weight is 315 g/mol. The molecule has 1 aliphatic rings. The Kier molecular flexibility index (Phi) is 4.62. The molecule has 108 valence electrons. The maximum Gasteiger partial charge on any atom is 0.186 e. The number of aryl methyl sites for hydroxylation is 1. The van der Waals surface area contributed by atoms with Crippen LogP contribution in [0.5, 0.6) is 0 Å². The van der Waals surface area contributed by atoms with E-state index in [0.717, 1.165) is 31.5 Å². The average Bonchev–Trinajstić information content (AvgIpc) is 3.14. The highest BCUT2D eigenvalue weighted by Gasteiger charge is 2.16. The standard InChI is InChI=1S/C16H17N3S2/c20-16(17-10-9-13-5-3-11-21-13)19-18-15-8-7-12-4-1-2-6-14(12)15/h1-6,11H,7-10H2,(H2,17,19,20). The molecule has 0 fully saturated rings. The number of rotatable bonds is 4. The van der Waals surface area contributed by atoms with E-state index in [1.807, 2.05) is 0 Å². The van der Waals surface area contributed by atoms with Gasteiger partial charge in [-0.3, -0.25) is 5.43 Å². The second-order valence-corrected chi connectivity index (χ2v) is 6.35. The fourth-order valence-electron chi connectivity index (χ4n) is 2.44. The first-order valence-electron chi connectivity index (χ1n) is 7.04. The Morgan fingerprint density at radius 3 is 2.95 bits per heavy atom. The van der Waals surface area contributed by atoms with Crippen LogP contribution in [0.3, 0.4) is 0 Å². The van der Waals surface area contributed by atoms with Crippen molar-refractivity contribution in [2.24, 2.45) is 5.10 Å². The number of nitrogens with zero attached hydrogens (tertiary/aromatic N) is 1. The van der Waals surface area contributed by atoms with Gasteiger partial charge in [0, 0.05) is 17.0 Å². The second kappa shape index (κ2) is 6.83. The van der Waals surface area contributed by atoms with E-state index in [1.165, 1.54) is 16.0 Å². The molecule has 5 heteroatoms. The number of hydrazone groups is 1. The molecule has 2 N–H and O–H groups in total. The molecule has 21 heavy (non-hydrogen) atoms. The van der Waals surface area contributed by atoms with Crippen molar-refractivity contribution in [3.05, 3.63) is 57.8 Å². The van der Waals surface area contributed by atoms with Crippen molar-refractivity contribution in [3.63, 3.8) is 0 Å². The fourth-order valence-corrected chi connectivity index (χ4v) is 3.29. The van der Waals surface area contributed by atoms with Gasteiger partial charge in [0.05, 0.1) is 5.71 Å². The van der Waals surface area contributed by atoms with Crippen LogP contribution in [0.1, 0.15) is 22.4 Å². The zero-order valence-electron chi connectivity index (χ0n) is 11.6. The molecule has 0 unspecified atom stereocenters. The third-order valence-corrected chi connectivity index (χ3v) is 4.66. The minimum absolute atomic E-state index is 0.587. The summed E-state index contributed by atoms with van der Waals surface area (Å²) in [6, 6.07) is 12.6. The van der Waals surface area contributed by atoms with Crippen molar-refractivity contribution in [2.45, 2.75) is 19.3 Å². The van der Waals surface area contributed by atoms with Crippen LogP contribution in [-0.4, -0.2) is 17.4 Å². The minimum atomic E-state index is 0.587. The number of fused-ring (bicyclic) bond motifs is 1. The molecule has 0 radical (unpaired) electrons. The number of benzene rings is 1. The Morgan fingerprint density at radius 2 is 2.10 bits per heavy atom. The molecule has 1 heterocycles. The summed E-state index contributed by atoms with van der Waals surface area (Å²) in [7, 11) is 0. The van der Waals surface area contributed by atoms with Gasteiger partial charge in [-0.15, -0.1) is 11.3 Å². The quantitative estimate of drug-likeness (QED) is 0.672. The molecule has 1 aromatic heterocycles. The molecular formula is C16H17N3S2. The lowest BCUT2D eigenvalue weighted by Crippen LogP contribution is -2.33. The molecule has 0 aliphatic heterocycles. The lowest BCUT2D eigenvalue weighted by Gasteiger charge is -2.07. The zero-order valence-corrected chi connectivity index (χ0v) is 13.3. The van der Waals surface area contributed by atoms with Gasteiger partial charge in [0.15, 0.2) is 5.11 Å². The smallest absolute Gasteiger partial charge is 0.186 e. The number of thiocarbonyl (C=S) groups is 1. The first-order valence-corrected chi connectivity index (χ1v) is 8.33. The van der Waals surface area contributed by atoms with E-state index in [4.69, 9.17) is 12.2 Å². The lowest BCUT2D eigenvalue weighted by atomic mass is 10.1. The normalized spacial score (nSPS) is 15.0. The second-order valence-electron chi connectivity index (χ2n) is 4.91. The van der Waals surface area contributed by atoms with Crippen molar-refractivity contribution in [3.8, 4) is 0 Å². The van der Waals surface area contributed by atoms with E-state index in [-0.39, 0.29) is 0 Å². The van der Waals surface area contributed by atoms with Crippen molar-refractivity contribution in [1.82, 2.24) is 10.7 Å². The van der Waals surface area contributed by atoms with Gasteiger partial charge in [-0.25, -0.2) is 0 Å². The molecule has 3 rings (SSSR count). The van der Waals surface area contributed by atoms with Crippen molar-refractivity contribution in [2.75, 3.05) is 6.54 Å². The van der Waals surface area contributed by atoms with Crippen LogP contribution < -0.4 is 10.7 Å². The summed E-state index contributed by atoms with van der Waals surface area (Å²) in [6.07, 6.45) is 3.03. The predicted octanol–water partition coefficient (Wildman–Crippen LogP) is 3.11. The summed E-state index contributed by atoms with van der Waals surface area (Å²) in [6.45, 7) is 0.827. The van der Waals surface area contributed by atoms with Gasteiger partial charge >= 0.3 is 0 Å². The van der Waals surface area contributed by atoms with Gasteiger partial charge in [-0.2, -0.15) is 5.10 Å². The van der Waals surface area contributed by atoms with Crippen LogP contribution in [-0.2, 0) is 12.8 Å². The van der Waals surface area contributed by atoms with Crippen LogP contribution in [0, 0.1) is 0 Å². The Labute approximate surface area is 134 Å². The van der Waals surface area contributed by atoms with Crippen LogP contribution in [0.2, 0.25) is 0 Å². The zero-order chi connectivity index (χ0) is 14.5. The molecule has 1 aromatic carbocycles. The third-order valence-electron chi connectivity index (χ3n) is 3.49. The highest BCUT2D eigenvalue weighted by molar-refractivity contribution is 7.80. The van der Waals surface area contributed by atoms with E-state index in [9.17, 15) is 0 Å². The summed E-state index contributed by atoms with van der Waals surface area (Å²) < 4.78 is 0. The van der Waals surface area contributed by atoms with Gasteiger partial charge in [-0.05, 0) is 48.5 Å². The van der Waals surface area contributed by atoms with E-state index in [1.54, 1.807) is 11.3 Å². The highest BCUT2D eigenvalue weighted by atomic mass is 32.1. The largest absolute Gasteiger partial charge is 0.361 e. The first-order chi connectivity index (χ1) is 10.3. The molecule has 0 bridgehead atoms. The minimum Gasteiger partial charge on any atom is -0.361 e. The Hall–Kier alpha value is -1.72. The molecule has 0 atom stereocenters. The molecule has 0 spiro atoms. The van der Waals surface area contributed by atoms with Crippen molar-refractivity contribution in [1.29, 1.82) is 0 Å². The molecule has 3 nitrogen and oxygen atoms in total. The highest BCUT2D eigenvalue weighted by Crippen LogP contribution is 2.21. The Morgan fingerprint density at radius 1 is 1.19 bits per heavy atom. The van der Waals surface area contributed by atoms with E-state index in [2.05, 4.69) is 57.6 Å². The van der Waals surface area contributed by atoms with Gasteiger partial charge in [-0.1, -0.05) is 30.3 Å². The van der Waals surface area contributed by atoms with Crippen molar-refractivity contribution < 1.29 is 0 Å². The SMILES string of the molecule is S=C(NCCc1cccs1)NN=C1CCc2ccccc21. The number of nitrogens with one attached hydrogen (secondary N) is 2. The summed E-state index contributed by atoms with van der Waals surface area (Å²) >= 11 is 7.03. The Balaban J connectivity index is 1.49. The maximum atomic E-state index is 5.26. The molecule has 0 saturated heterocycles. The van der Waals surface area contributed by atoms with E-state index in [0.29, 0.717) is 5.11 Å². The van der Waals surface area contributed by atoms with Gasteiger partial charge < -0.3 is 5.32 Å². The molecule has 2 aromatic rings. The number of thiophene rings is 1. The van der Waals surface area contributed by atoms with Gasteiger partial charge in [0.25, 0.3) is 0 Å². The summed E-state index contributed by atoms with van der Waals surface area (Å²) in [5, 5.41) is 10.3. The maximum absolute atomic E-state index is 5.26. The Bertz CT molecular complexity index is 647. The lowest BCUT2D eigenvalue weighted by molar-refractivity contribution is 0.843. The van der Waals surface area contributed by atoms with Crippen LogP contribution in [0.25, 0.3) is 0 Å². The van der Waals surface area contributed by atoms with Crippen LogP contribution in [0.4, 0.5) is 0 Å². The van der Waals surface area contributed by atoms with Gasteiger partial charge in [0.1, 0.15) is 0 Å². The van der Waals surface area contributed by atoms with Crippen molar-refractivity contribution >= 4 is 34.4 Å². The summed E-state index contributed by atoms with van der Waals surface area (Å²) in [5.74, 6) is 0. The third kappa shape index (κ3) is 3.68. The summed E-state index contributed by atoms with van der Waals surface area (Å²) in [4.78, 5) is 1.36. The number of hydrogen-bond donors (Lipinski definition) is 2. The molecule has 0 amide bonds. The monoisotopic (exact) mass is 315 g/mol. The van der Waals surface area contributed by atoms with Crippen LogP contribution in [0.15, 0.2) is 46.9 Å². The first kappa shape index (κ1) is 14.2. The molecular weight excluding hydrogens is 298 g/mol. The molecule has 1 aliphatic carbocycles. The topological polar surface area (TPSA) is 36.4 Å². The number of hydrogen-bond acceptors (Lipinski definition) is 3. The van der Waals surface area contributed by atoms with Crippen LogP contribution >= 0.6 is 23.6 Å². The van der Waals surface area contributed by atoms with E-state index < -0.39 is 0 Å². The van der Waals surface area contributed by atoms with E-state index >= 15 is 0 Å². The fraction of sp³-hybridized carbons (Fsp3) is 0.250. The summed E-state index contributed by atoms with van der Waals surface area (Å²) in [5.41, 5.74) is 6.66. The predicted molar refractivity (Wildman–Crippen MR) is 93.1 cm³/mol.